The molecule has 1 amide bonds. The standard InChI is InChI=1S/C17H18F2N2O3/c18-15(19)11-24-16-6-5-14(9-21-16)17(23)20-8-7-12-1-3-13(10-22)4-2-12/h1-6,9,15,22H,7-8,10-11H2,(H,20,23). The molecule has 0 aliphatic heterocycles. The maximum Gasteiger partial charge on any atom is 0.272 e. The summed E-state index contributed by atoms with van der Waals surface area (Å²) in [6.07, 6.45) is -0.631. The summed E-state index contributed by atoms with van der Waals surface area (Å²) in [5.74, 6) is -0.245. The van der Waals surface area contributed by atoms with Gasteiger partial charge in [0, 0.05) is 18.8 Å². The number of aromatic nitrogens is 1. The molecular formula is C17H18F2N2O3. The summed E-state index contributed by atoms with van der Waals surface area (Å²) in [6.45, 7) is -0.282. The Hall–Kier alpha value is -2.54. The first-order chi connectivity index (χ1) is 11.6. The minimum absolute atomic E-state index is 0.00103. The highest BCUT2D eigenvalue weighted by atomic mass is 19.3. The monoisotopic (exact) mass is 336 g/mol. The highest BCUT2D eigenvalue weighted by Gasteiger charge is 2.08. The number of carbonyl (C=O) groups is 1. The van der Waals surface area contributed by atoms with E-state index in [-0.39, 0.29) is 18.4 Å². The first-order valence-electron chi connectivity index (χ1n) is 7.42. The van der Waals surface area contributed by atoms with Gasteiger partial charge in [-0.05, 0) is 23.6 Å². The third kappa shape index (κ3) is 5.58. The summed E-state index contributed by atoms with van der Waals surface area (Å²) >= 11 is 0. The van der Waals surface area contributed by atoms with Gasteiger partial charge in [0.1, 0.15) is 0 Å². The number of alkyl halides is 2. The average molecular weight is 336 g/mol. The molecule has 2 N–H and O–H groups in total. The molecule has 1 heterocycles. The van der Waals surface area contributed by atoms with E-state index < -0.39 is 13.0 Å². The van der Waals surface area contributed by atoms with Gasteiger partial charge in [-0.2, -0.15) is 0 Å². The largest absolute Gasteiger partial charge is 0.472 e. The van der Waals surface area contributed by atoms with E-state index in [0.717, 1.165) is 11.1 Å². The van der Waals surface area contributed by atoms with Gasteiger partial charge in [0.15, 0.2) is 6.61 Å². The lowest BCUT2D eigenvalue weighted by Gasteiger charge is -2.07. The molecule has 0 saturated heterocycles. The third-order valence-corrected chi connectivity index (χ3v) is 3.26. The van der Waals surface area contributed by atoms with Crippen molar-refractivity contribution in [3.63, 3.8) is 0 Å². The van der Waals surface area contributed by atoms with Crippen LogP contribution in [0.2, 0.25) is 0 Å². The number of nitrogens with one attached hydrogen (secondary N) is 1. The molecular weight excluding hydrogens is 318 g/mol. The van der Waals surface area contributed by atoms with Crippen molar-refractivity contribution in [1.82, 2.24) is 10.3 Å². The zero-order chi connectivity index (χ0) is 17.4. The Bertz CT molecular complexity index is 646. The molecule has 0 fully saturated rings. The number of aliphatic hydroxyl groups is 1. The molecule has 128 valence electrons. The van der Waals surface area contributed by atoms with E-state index in [4.69, 9.17) is 9.84 Å². The molecule has 0 aliphatic carbocycles. The normalized spacial score (nSPS) is 10.7. The second-order valence-corrected chi connectivity index (χ2v) is 5.07. The second kappa shape index (κ2) is 8.93. The highest BCUT2D eigenvalue weighted by Crippen LogP contribution is 2.09. The molecule has 7 heteroatoms. The maximum absolute atomic E-state index is 12.0. The second-order valence-electron chi connectivity index (χ2n) is 5.07. The molecule has 0 unspecified atom stereocenters. The van der Waals surface area contributed by atoms with Crippen LogP contribution < -0.4 is 10.1 Å². The number of hydrogen-bond acceptors (Lipinski definition) is 4. The summed E-state index contributed by atoms with van der Waals surface area (Å²) in [5.41, 5.74) is 2.21. The number of aliphatic hydroxyl groups excluding tert-OH is 1. The summed E-state index contributed by atoms with van der Waals surface area (Å²) in [7, 11) is 0. The quantitative estimate of drug-likeness (QED) is 0.775. The van der Waals surface area contributed by atoms with Crippen LogP contribution in [-0.4, -0.2) is 35.6 Å². The Morgan fingerprint density at radius 2 is 1.88 bits per heavy atom. The molecule has 0 aliphatic rings. The van der Waals surface area contributed by atoms with E-state index >= 15 is 0 Å². The van der Waals surface area contributed by atoms with Gasteiger partial charge in [0.25, 0.3) is 12.3 Å². The number of carbonyl (C=O) groups excluding carboxylic acids is 1. The molecule has 1 aromatic carbocycles. The molecule has 5 nitrogen and oxygen atoms in total. The van der Waals surface area contributed by atoms with Crippen molar-refractivity contribution < 1.29 is 23.4 Å². The predicted molar refractivity (Wildman–Crippen MR) is 84.1 cm³/mol. The summed E-state index contributed by atoms with van der Waals surface area (Å²) in [5, 5.41) is 11.7. The first-order valence-corrected chi connectivity index (χ1v) is 7.42. The Labute approximate surface area is 138 Å². The van der Waals surface area contributed by atoms with Gasteiger partial charge >= 0.3 is 0 Å². The average Bonchev–Trinajstić information content (AvgIpc) is 2.61. The SMILES string of the molecule is O=C(NCCc1ccc(CO)cc1)c1ccc(OCC(F)F)nc1. The van der Waals surface area contributed by atoms with E-state index in [9.17, 15) is 13.6 Å². The number of pyridine rings is 1. The molecule has 2 rings (SSSR count). The Morgan fingerprint density at radius 3 is 2.46 bits per heavy atom. The van der Waals surface area contributed by atoms with Gasteiger partial charge < -0.3 is 15.2 Å². The van der Waals surface area contributed by atoms with Gasteiger partial charge in [0.05, 0.1) is 12.2 Å². The molecule has 2 aromatic rings. The predicted octanol–water partition coefficient (Wildman–Crippen LogP) is 2.19. The Kier molecular flexibility index (Phi) is 6.62. The van der Waals surface area contributed by atoms with Crippen LogP contribution in [0.25, 0.3) is 0 Å². The van der Waals surface area contributed by atoms with Crippen LogP contribution in [0.5, 0.6) is 5.88 Å². The summed E-state index contributed by atoms with van der Waals surface area (Å²) in [6, 6.07) is 10.3. The van der Waals surface area contributed by atoms with Crippen LogP contribution >= 0.6 is 0 Å². The number of rotatable bonds is 8. The van der Waals surface area contributed by atoms with Gasteiger partial charge in [-0.1, -0.05) is 24.3 Å². The molecule has 0 bridgehead atoms. The Morgan fingerprint density at radius 1 is 1.17 bits per heavy atom. The van der Waals surface area contributed by atoms with Crippen molar-refractivity contribution in [2.75, 3.05) is 13.2 Å². The number of benzene rings is 1. The lowest BCUT2D eigenvalue weighted by molar-refractivity contribution is 0.0794. The fourth-order valence-electron chi connectivity index (χ4n) is 1.98. The fourth-order valence-corrected chi connectivity index (χ4v) is 1.98. The summed E-state index contributed by atoms with van der Waals surface area (Å²) in [4.78, 5) is 15.8. The zero-order valence-corrected chi connectivity index (χ0v) is 12.9. The Balaban J connectivity index is 1.79. The van der Waals surface area contributed by atoms with E-state index in [2.05, 4.69) is 10.3 Å². The summed E-state index contributed by atoms with van der Waals surface area (Å²) < 4.78 is 28.8. The van der Waals surface area contributed by atoms with Crippen LogP contribution in [0.1, 0.15) is 21.5 Å². The van der Waals surface area contributed by atoms with E-state index in [1.165, 1.54) is 18.3 Å². The van der Waals surface area contributed by atoms with Crippen LogP contribution in [-0.2, 0) is 13.0 Å². The van der Waals surface area contributed by atoms with Crippen LogP contribution in [0.15, 0.2) is 42.6 Å². The molecule has 1 aromatic heterocycles. The van der Waals surface area contributed by atoms with Crippen molar-refractivity contribution in [1.29, 1.82) is 0 Å². The minimum Gasteiger partial charge on any atom is -0.472 e. The first kappa shape index (κ1) is 17.8. The van der Waals surface area contributed by atoms with E-state index in [0.29, 0.717) is 18.5 Å². The smallest absolute Gasteiger partial charge is 0.272 e. The van der Waals surface area contributed by atoms with Gasteiger partial charge in [-0.15, -0.1) is 0 Å². The van der Waals surface area contributed by atoms with E-state index in [1.807, 2.05) is 24.3 Å². The molecule has 0 radical (unpaired) electrons. The number of halogens is 2. The van der Waals surface area contributed by atoms with Crippen LogP contribution in [0, 0.1) is 0 Å². The number of hydrogen-bond donors (Lipinski definition) is 2. The lowest BCUT2D eigenvalue weighted by atomic mass is 10.1. The maximum atomic E-state index is 12.0. The highest BCUT2D eigenvalue weighted by molar-refractivity contribution is 5.93. The van der Waals surface area contributed by atoms with Crippen LogP contribution in [0.4, 0.5) is 8.78 Å². The topological polar surface area (TPSA) is 71.5 Å². The third-order valence-electron chi connectivity index (χ3n) is 3.26. The minimum atomic E-state index is -2.57. The van der Waals surface area contributed by atoms with Crippen LogP contribution in [0.3, 0.4) is 0 Å². The van der Waals surface area contributed by atoms with Crippen molar-refractivity contribution in [2.24, 2.45) is 0 Å². The number of nitrogens with zero attached hydrogens (tertiary/aromatic N) is 1. The number of amides is 1. The lowest BCUT2D eigenvalue weighted by Crippen LogP contribution is -2.25. The van der Waals surface area contributed by atoms with Gasteiger partial charge in [-0.3, -0.25) is 4.79 Å². The van der Waals surface area contributed by atoms with Gasteiger partial charge in [-0.25, -0.2) is 13.8 Å². The molecule has 0 atom stereocenters. The van der Waals surface area contributed by atoms with Gasteiger partial charge in [0.2, 0.25) is 5.88 Å². The van der Waals surface area contributed by atoms with E-state index in [1.54, 1.807) is 0 Å². The van der Waals surface area contributed by atoms with Crippen molar-refractivity contribution in [3.05, 3.63) is 59.3 Å². The molecule has 0 spiro atoms. The van der Waals surface area contributed by atoms with Crippen molar-refractivity contribution in [2.45, 2.75) is 19.5 Å². The zero-order valence-electron chi connectivity index (χ0n) is 12.9. The number of ether oxygens (including phenoxy) is 1. The fraction of sp³-hybridized carbons (Fsp3) is 0.294. The molecule has 0 saturated carbocycles. The van der Waals surface area contributed by atoms with Crippen molar-refractivity contribution >= 4 is 5.91 Å². The molecule has 24 heavy (non-hydrogen) atoms. The van der Waals surface area contributed by atoms with Crippen molar-refractivity contribution in [3.8, 4) is 5.88 Å².